The number of hydrogen-bond acceptors (Lipinski definition) is 7. The van der Waals surface area contributed by atoms with Crippen molar-refractivity contribution < 1.29 is 14.3 Å². The van der Waals surface area contributed by atoms with Gasteiger partial charge in [-0.1, -0.05) is 17.4 Å². The van der Waals surface area contributed by atoms with E-state index < -0.39 is 0 Å². The van der Waals surface area contributed by atoms with Gasteiger partial charge in [-0.25, -0.2) is 0 Å². The molecule has 0 saturated heterocycles. The highest BCUT2D eigenvalue weighted by Gasteiger charge is 2.30. The van der Waals surface area contributed by atoms with E-state index in [-0.39, 0.29) is 12.7 Å². The fraction of sp³-hybridized carbons (Fsp3) is 0.412. The molecule has 1 fully saturated rings. The summed E-state index contributed by atoms with van der Waals surface area (Å²) in [7, 11) is 0. The molecule has 1 saturated carbocycles. The minimum Gasteiger partial charge on any atom is -0.454 e. The van der Waals surface area contributed by atoms with Crippen LogP contribution in [0.2, 0.25) is 0 Å². The van der Waals surface area contributed by atoms with Gasteiger partial charge in [0.1, 0.15) is 5.01 Å². The predicted octanol–water partition coefficient (Wildman–Crippen LogP) is 2.04. The standard InChI is InChI=1S/C17H17N5O3S/c23-14(18-8-10-1-4-12-13(7-10)25-9-24-12)5-6-15-21-22-16(11-2-3-11)19-20-17(22)26-15/h1,4,7,11H,2-3,5-6,8-9H2,(H,18,23). The maximum atomic E-state index is 12.1. The normalized spacial score (nSPS) is 15.5. The van der Waals surface area contributed by atoms with Crippen LogP contribution in [-0.4, -0.2) is 32.5 Å². The van der Waals surface area contributed by atoms with Crippen molar-refractivity contribution in [1.29, 1.82) is 0 Å². The topological polar surface area (TPSA) is 90.6 Å². The second-order valence-electron chi connectivity index (χ2n) is 6.49. The Labute approximate surface area is 153 Å². The third-order valence-corrected chi connectivity index (χ3v) is 5.45. The average Bonchev–Trinajstić information content (AvgIpc) is 3.06. The van der Waals surface area contributed by atoms with Crippen molar-refractivity contribution >= 4 is 22.2 Å². The lowest BCUT2D eigenvalue weighted by atomic mass is 10.2. The molecule has 0 spiro atoms. The van der Waals surface area contributed by atoms with Crippen LogP contribution in [0.5, 0.6) is 11.5 Å². The number of amides is 1. The van der Waals surface area contributed by atoms with E-state index in [9.17, 15) is 4.79 Å². The summed E-state index contributed by atoms with van der Waals surface area (Å²) in [6.45, 7) is 0.715. The molecule has 2 aliphatic rings. The fourth-order valence-electron chi connectivity index (χ4n) is 2.93. The highest BCUT2D eigenvalue weighted by molar-refractivity contribution is 7.16. The molecular formula is C17H17N5O3S. The van der Waals surface area contributed by atoms with Crippen molar-refractivity contribution in [2.45, 2.75) is 38.1 Å². The quantitative estimate of drug-likeness (QED) is 0.713. The highest BCUT2D eigenvalue weighted by Crippen LogP contribution is 2.39. The molecule has 0 unspecified atom stereocenters. The van der Waals surface area contributed by atoms with Gasteiger partial charge in [0.05, 0.1) is 0 Å². The number of ether oxygens (including phenoxy) is 2. The molecule has 26 heavy (non-hydrogen) atoms. The van der Waals surface area contributed by atoms with Crippen molar-refractivity contribution in [2.24, 2.45) is 0 Å². The fourth-order valence-corrected chi connectivity index (χ4v) is 3.77. The van der Waals surface area contributed by atoms with E-state index in [0.717, 1.165) is 45.7 Å². The Bertz CT molecular complexity index is 978. The number of nitrogens with zero attached hydrogens (tertiary/aromatic N) is 4. The zero-order chi connectivity index (χ0) is 17.5. The van der Waals surface area contributed by atoms with E-state index in [1.807, 2.05) is 22.7 Å². The molecule has 8 nitrogen and oxygen atoms in total. The van der Waals surface area contributed by atoms with Crippen LogP contribution < -0.4 is 14.8 Å². The van der Waals surface area contributed by atoms with E-state index in [1.165, 1.54) is 11.3 Å². The number of hydrogen-bond donors (Lipinski definition) is 1. The van der Waals surface area contributed by atoms with Crippen molar-refractivity contribution in [3.8, 4) is 11.5 Å². The molecule has 1 aliphatic carbocycles. The molecule has 5 rings (SSSR count). The minimum absolute atomic E-state index is 0.00366. The zero-order valence-electron chi connectivity index (χ0n) is 14.0. The van der Waals surface area contributed by atoms with Crippen molar-refractivity contribution in [3.05, 3.63) is 34.6 Å². The van der Waals surface area contributed by atoms with Gasteiger partial charge >= 0.3 is 0 Å². The van der Waals surface area contributed by atoms with Gasteiger partial charge in [0.15, 0.2) is 17.3 Å². The first-order valence-corrected chi connectivity index (χ1v) is 9.44. The number of rotatable bonds is 6. The minimum atomic E-state index is -0.00366. The molecule has 1 amide bonds. The van der Waals surface area contributed by atoms with E-state index in [2.05, 4.69) is 20.6 Å². The van der Waals surface area contributed by atoms with Crippen LogP contribution in [0.3, 0.4) is 0 Å². The van der Waals surface area contributed by atoms with Crippen LogP contribution in [0.25, 0.3) is 4.96 Å². The number of carbonyl (C=O) groups is 1. The van der Waals surface area contributed by atoms with Gasteiger partial charge in [-0.15, -0.1) is 10.2 Å². The molecule has 1 aromatic carbocycles. The first kappa shape index (κ1) is 15.6. The van der Waals surface area contributed by atoms with Crippen LogP contribution in [0, 0.1) is 0 Å². The molecule has 2 aromatic heterocycles. The number of benzene rings is 1. The Hall–Kier alpha value is -2.68. The van der Waals surface area contributed by atoms with Gasteiger partial charge < -0.3 is 14.8 Å². The average molecular weight is 371 g/mol. The summed E-state index contributed by atoms with van der Waals surface area (Å²) in [4.78, 5) is 12.9. The largest absolute Gasteiger partial charge is 0.454 e. The third kappa shape index (κ3) is 2.98. The van der Waals surface area contributed by atoms with E-state index in [0.29, 0.717) is 25.3 Å². The van der Waals surface area contributed by atoms with Crippen LogP contribution in [0.15, 0.2) is 18.2 Å². The predicted molar refractivity (Wildman–Crippen MR) is 93.4 cm³/mol. The van der Waals surface area contributed by atoms with Gasteiger partial charge in [-0.2, -0.15) is 9.61 Å². The van der Waals surface area contributed by atoms with Gasteiger partial charge in [-0.3, -0.25) is 4.79 Å². The van der Waals surface area contributed by atoms with E-state index >= 15 is 0 Å². The molecule has 1 N–H and O–H groups in total. The van der Waals surface area contributed by atoms with Gasteiger partial charge in [0.2, 0.25) is 17.7 Å². The Morgan fingerprint density at radius 1 is 1.27 bits per heavy atom. The summed E-state index contributed by atoms with van der Waals surface area (Å²) in [5.74, 6) is 2.92. The van der Waals surface area contributed by atoms with Crippen LogP contribution >= 0.6 is 11.3 Å². The number of fused-ring (bicyclic) bond motifs is 2. The maximum Gasteiger partial charge on any atom is 0.234 e. The number of aryl methyl sites for hydroxylation is 1. The monoisotopic (exact) mass is 371 g/mol. The van der Waals surface area contributed by atoms with Crippen molar-refractivity contribution in [1.82, 2.24) is 25.1 Å². The van der Waals surface area contributed by atoms with E-state index in [4.69, 9.17) is 9.47 Å². The lowest BCUT2D eigenvalue weighted by Gasteiger charge is -2.05. The molecule has 0 radical (unpaired) electrons. The molecule has 0 bridgehead atoms. The smallest absolute Gasteiger partial charge is 0.234 e. The Morgan fingerprint density at radius 3 is 3.04 bits per heavy atom. The van der Waals surface area contributed by atoms with Crippen molar-refractivity contribution in [2.75, 3.05) is 6.79 Å². The van der Waals surface area contributed by atoms with Crippen LogP contribution in [0.1, 0.15) is 41.6 Å². The second kappa shape index (κ2) is 6.24. The number of aromatic nitrogens is 4. The molecule has 3 aromatic rings. The third-order valence-electron chi connectivity index (χ3n) is 4.49. The summed E-state index contributed by atoms with van der Waals surface area (Å²) in [5.41, 5.74) is 0.982. The lowest BCUT2D eigenvalue weighted by molar-refractivity contribution is -0.121. The van der Waals surface area contributed by atoms with Crippen LogP contribution in [0.4, 0.5) is 0 Å². The summed E-state index contributed by atoms with van der Waals surface area (Å²) >= 11 is 1.50. The lowest BCUT2D eigenvalue weighted by Crippen LogP contribution is -2.23. The highest BCUT2D eigenvalue weighted by atomic mass is 32.1. The summed E-state index contributed by atoms with van der Waals surface area (Å²) in [6, 6.07) is 5.68. The van der Waals surface area contributed by atoms with Gasteiger partial charge in [-0.05, 0) is 30.5 Å². The van der Waals surface area contributed by atoms with Gasteiger partial charge in [0.25, 0.3) is 0 Å². The Morgan fingerprint density at radius 2 is 2.15 bits per heavy atom. The molecule has 1 aliphatic heterocycles. The first-order valence-electron chi connectivity index (χ1n) is 8.62. The molecule has 134 valence electrons. The van der Waals surface area contributed by atoms with E-state index in [1.54, 1.807) is 0 Å². The second-order valence-corrected chi connectivity index (χ2v) is 7.53. The van der Waals surface area contributed by atoms with Crippen LogP contribution in [-0.2, 0) is 17.8 Å². The number of nitrogens with one attached hydrogen (secondary N) is 1. The maximum absolute atomic E-state index is 12.1. The summed E-state index contributed by atoms with van der Waals surface area (Å²) < 4.78 is 12.5. The first-order chi connectivity index (χ1) is 12.8. The molecule has 9 heteroatoms. The molecule has 3 heterocycles. The van der Waals surface area contributed by atoms with Gasteiger partial charge in [0, 0.05) is 25.3 Å². The zero-order valence-corrected chi connectivity index (χ0v) is 14.8. The molecular weight excluding hydrogens is 354 g/mol. The summed E-state index contributed by atoms with van der Waals surface area (Å²) in [5, 5.41) is 16.8. The number of carbonyl (C=O) groups excluding carboxylic acids is 1. The molecule has 0 atom stereocenters. The SMILES string of the molecule is O=C(CCc1nn2c(C3CC3)nnc2s1)NCc1ccc2c(c1)OCO2. The van der Waals surface area contributed by atoms with Crippen molar-refractivity contribution in [3.63, 3.8) is 0 Å². The Balaban J connectivity index is 1.16. The summed E-state index contributed by atoms with van der Waals surface area (Å²) in [6.07, 6.45) is 3.32. The Kier molecular flexibility index (Phi) is 3.74.